The predicted molar refractivity (Wildman–Crippen MR) is 134 cm³/mol. The number of nitrogens with zero attached hydrogens (tertiary/aromatic N) is 6. The molecule has 1 amide bonds. The van der Waals surface area contributed by atoms with E-state index in [9.17, 15) is 10.1 Å². The van der Waals surface area contributed by atoms with Crippen LogP contribution >= 0.6 is 0 Å². The van der Waals surface area contributed by atoms with E-state index in [-0.39, 0.29) is 12.1 Å². The van der Waals surface area contributed by atoms with Crippen molar-refractivity contribution in [3.05, 3.63) is 83.4 Å². The first-order chi connectivity index (χ1) is 17.6. The third kappa shape index (κ3) is 4.46. The SMILES string of the molecule is COc1ccc(C(c2ccc(OC)cc2)N2CCN(C(=O)n3nnc4ccc(C#N)cc43)CC2)cc1. The van der Waals surface area contributed by atoms with E-state index in [1.807, 2.05) is 24.3 Å². The van der Waals surface area contributed by atoms with Crippen LogP contribution < -0.4 is 9.47 Å². The molecule has 5 rings (SSSR count). The lowest BCUT2D eigenvalue weighted by Crippen LogP contribution is -2.51. The number of ether oxygens (including phenoxy) is 2. The Hall–Kier alpha value is -4.42. The number of amides is 1. The summed E-state index contributed by atoms with van der Waals surface area (Å²) >= 11 is 0. The number of nitriles is 1. The number of benzene rings is 3. The Balaban J connectivity index is 1.37. The number of carbonyl (C=O) groups excluding carboxylic acids is 1. The molecule has 0 N–H and O–H groups in total. The highest BCUT2D eigenvalue weighted by atomic mass is 16.5. The molecule has 0 aliphatic carbocycles. The average molecular weight is 483 g/mol. The van der Waals surface area contributed by atoms with Gasteiger partial charge in [-0.15, -0.1) is 5.10 Å². The molecule has 0 radical (unpaired) electrons. The molecule has 1 fully saturated rings. The first-order valence-corrected chi connectivity index (χ1v) is 11.7. The van der Waals surface area contributed by atoms with Crippen LogP contribution in [0.1, 0.15) is 22.7 Å². The van der Waals surface area contributed by atoms with Crippen LogP contribution in [0, 0.1) is 11.3 Å². The van der Waals surface area contributed by atoms with Crippen LogP contribution in [0.4, 0.5) is 4.79 Å². The first kappa shape index (κ1) is 23.3. The van der Waals surface area contributed by atoms with Crippen LogP contribution in [0.3, 0.4) is 0 Å². The van der Waals surface area contributed by atoms with Gasteiger partial charge in [0.2, 0.25) is 0 Å². The van der Waals surface area contributed by atoms with Gasteiger partial charge in [0.25, 0.3) is 0 Å². The second kappa shape index (κ2) is 10.1. The number of carbonyl (C=O) groups is 1. The molecule has 182 valence electrons. The molecule has 1 aliphatic heterocycles. The van der Waals surface area contributed by atoms with Crippen molar-refractivity contribution < 1.29 is 14.3 Å². The smallest absolute Gasteiger partial charge is 0.346 e. The maximum absolute atomic E-state index is 13.3. The number of fused-ring (bicyclic) bond motifs is 1. The molecule has 9 nitrogen and oxygen atoms in total. The summed E-state index contributed by atoms with van der Waals surface area (Å²) in [5.41, 5.74) is 3.88. The van der Waals surface area contributed by atoms with Gasteiger partial charge in [0, 0.05) is 26.2 Å². The van der Waals surface area contributed by atoms with Gasteiger partial charge in [0.15, 0.2) is 0 Å². The van der Waals surface area contributed by atoms with Crippen LogP contribution in [-0.4, -0.2) is 71.2 Å². The zero-order valence-corrected chi connectivity index (χ0v) is 20.2. The van der Waals surface area contributed by atoms with Crippen molar-refractivity contribution in [2.75, 3.05) is 40.4 Å². The van der Waals surface area contributed by atoms with Crippen molar-refractivity contribution in [1.82, 2.24) is 24.8 Å². The van der Waals surface area contributed by atoms with Gasteiger partial charge >= 0.3 is 6.03 Å². The topological polar surface area (TPSA) is 96.5 Å². The molecule has 0 bridgehead atoms. The normalized spacial score (nSPS) is 14.1. The lowest BCUT2D eigenvalue weighted by Gasteiger charge is -2.39. The van der Waals surface area contributed by atoms with Crippen molar-refractivity contribution in [1.29, 1.82) is 5.26 Å². The molecule has 4 aromatic rings. The van der Waals surface area contributed by atoms with Gasteiger partial charge in [-0.3, -0.25) is 4.90 Å². The number of hydrogen-bond acceptors (Lipinski definition) is 7. The van der Waals surface area contributed by atoms with E-state index in [0.29, 0.717) is 42.8 Å². The van der Waals surface area contributed by atoms with E-state index in [2.05, 4.69) is 45.5 Å². The highest BCUT2D eigenvalue weighted by Gasteiger charge is 2.30. The van der Waals surface area contributed by atoms with Crippen molar-refractivity contribution in [3.8, 4) is 17.6 Å². The van der Waals surface area contributed by atoms with Crippen molar-refractivity contribution in [2.45, 2.75) is 6.04 Å². The molecule has 0 atom stereocenters. The second-order valence-corrected chi connectivity index (χ2v) is 8.57. The fraction of sp³-hybridized carbons (Fsp3) is 0.259. The summed E-state index contributed by atoms with van der Waals surface area (Å²) in [7, 11) is 3.32. The zero-order chi connectivity index (χ0) is 25.1. The minimum atomic E-state index is -0.238. The number of piperazine rings is 1. The summed E-state index contributed by atoms with van der Waals surface area (Å²) in [5, 5.41) is 17.4. The number of methoxy groups -OCH3 is 2. The van der Waals surface area contributed by atoms with Gasteiger partial charge < -0.3 is 14.4 Å². The monoisotopic (exact) mass is 482 g/mol. The minimum Gasteiger partial charge on any atom is -0.497 e. The number of hydrogen-bond donors (Lipinski definition) is 0. The van der Waals surface area contributed by atoms with E-state index in [0.717, 1.165) is 22.6 Å². The Morgan fingerprint density at radius 1 is 0.889 bits per heavy atom. The quantitative estimate of drug-likeness (QED) is 0.428. The Bertz CT molecular complexity index is 1350. The molecule has 36 heavy (non-hydrogen) atoms. The third-order valence-electron chi connectivity index (χ3n) is 6.57. The fourth-order valence-electron chi connectivity index (χ4n) is 4.62. The second-order valence-electron chi connectivity index (χ2n) is 8.57. The molecule has 1 saturated heterocycles. The van der Waals surface area contributed by atoms with Crippen molar-refractivity contribution in [2.24, 2.45) is 0 Å². The summed E-state index contributed by atoms with van der Waals surface area (Å²) in [5.74, 6) is 1.62. The average Bonchev–Trinajstić information content (AvgIpc) is 3.37. The summed E-state index contributed by atoms with van der Waals surface area (Å²) in [6.07, 6.45) is 0. The van der Waals surface area contributed by atoms with Crippen LogP contribution in [0.15, 0.2) is 66.7 Å². The highest BCUT2D eigenvalue weighted by Crippen LogP contribution is 2.32. The zero-order valence-electron chi connectivity index (χ0n) is 20.2. The molecule has 1 aromatic heterocycles. The predicted octanol–water partition coefficient (Wildman–Crippen LogP) is 3.70. The summed E-state index contributed by atoms with van der Waals surface area (Å²) < 4.78 is 12.0. The Morgan fingerprint density at radius 3 is 2.00 bits per heavy atom. The molecular formula is C27H26N6O3. The van der Waals surface area contributed by atoms with E-state index >= 15 is 0 Å². The standard InChI is InChI=1S/C27H26N6O3/c1-35-22-8-4-20(5-9-22)26(21-6-10-23(36-2)11-7-21)31-13-15-32(16-14-31)27(34)33-25-17-19(18-28)3-12-24(25)29-30-33/h3-12,17,26H,13-16H2,1-2H3. The summed E-state index contributed by atoms with van der Waals surface area (Å²) in [6.45, 7) is 2.46. The van der Waals surface area contributed by atoms with Gasteiger partial charge in [0.05, 0.1) is 31.9 Å². The van der Waals surface area contributed by atoms with E-state index < -0.39 is 0 Å². The van der Waals surface area contributed by atoms with Crippen LogP contribution in [-0.2, 0) is 0 Å². The molecule has 0 saturated carbocycles. The van der Waals surface area contributed by atoms with E-state index in [1.165, 1.54) is 4.68 Å². The third-order valence-corrected chi connectivity index (χ3v) is 6.57. The number of aromatic nitrogens is 3. The number of rotatable bonds is 5. The van der Waals surface area contributed by atoms with E-state index in [4.69, 9.17) is 9.47 Å². The van der Waals surface area contributed by atoms with Gasteiger partial charge in [-0.05, 0) is 53.6 Å². The Morgan fingerprint density at radius 2 is 1.47 bits per heavy atom. The maximum atomic E-state index is 13.3. The molecule has 3 aromatic carbocycles. The lowest BCUT2D eigenvalue weighted by molar-refractivity contribution is 0.120. The van der Waals surface area contributed by atoms with Crippen molar-refractivity contribution >= 4 is 17.1 Å². The van der Waals surface area contributed by atoms with Gasteiger partial charge in [0.1, 0.15) is 22.5 Å². The Labute approximate surface area is 209 Å². The lowest BCUT2D eigenvalue weighted by atomic mass is 9.96. The largest absolute Gasteiger partial charge is 0.497 e. The molecule has 9 heteroatoms. The highest BCUT2D eigenvalue weighted by molar-refractivity contribution is 5.88. The first-order valence-electron chi connectivity index (χ1n) is 11.7. The Kier molecular flexibility index (Phi) is 6.52. The van der Waals surface area contributed by atoms with E-state index in [1.54, 1.807) is 37.3 Å². The molecule has 1 aliphatic rings. The van der Waals surface area contributed by atoms with Crippen molar-refractivity contribution in [3.63, 3.8) is 0 Å². The van der Waals surface area contributed by atoms with Gasteiger partial charge in [-0.2, -0.15) is 9.94 Å². The van der Waals surface area contributed by atoms with Crippen LogP contribution in [0.2, 0.25) is 0 Å². The minimum absolute atomic E-state index is 0.0180. The molecule has 0 spiro atoms. The summed E-state index contributed by atoms with van der Waals surface area (Å²) in [6, 6.07) is 23.1. The summed E-state index contributed by atoms with van der Waals surface area (Å²) in [4.78, 5) is 17.4. The molecule has 2 heterocycles. The fourth-order valence-corrected chi connectivity index (χ4v) is 4.62. The molecular weight excluding hydrogens is 456 g/mol. The van der Waals surface area contributed by atoms with Gasteiger partial charge in [-0.1, -0.05) is 29.5 Å². The van der Waals surface area contributed by atoms with Crippen LogP contribution in [0.25, 0.3) is 11.0 Å². The van der Waals surface area contributed by atoms with Gasteiger partial charge in [-0.25, -0.2) is 4.79 Å². The maximum Gasteiger partial charge on any atom is 0.346 e. The molecule has 0 unspecified atom stereocenters. The van der Waals surface area contributed by atoms with Crippen LogP contribution in [0.5, 0.6) is 11.5 Å².